The Balaban J connectivity index is 2.09. The lowest BCUT2D eigenvalue weighted by molar-refractivity contribution is -0.115. The minimum absolute atomic E-state index is 0.00875. The molecule has 3 heteroatoms. The first-order chi connectivity index (χ1) is 9.45. The zero-order chi connectivity index (χ0) is 14.7. The Bertz CT molecular complexity index is 649. The molecule has 0 atom stereocenters. The molecule has 1 amide bonds. The van der Waals surface area contributed by atoms with Crippen molar-refractivity contribution >= 4 is 27.5 Å². The van der Waals surface area contributed by atoms with Gasteiger partial charge in [0.2, 0.25) is 5.91 Å². The van der Waals surface area contributed by atoms with Gasteiger partial charge in [-0.1, -0.05) is 45.8 Å². The van der Waals surface area contributed by atoms with Crippen molar-refractivity contribution in [1.82, 2.24) is 0 Å². The van der Waals surface area contributed by atoms with E-state index in [1.165, 1.54) is 5.56 Å². The molecule has 0 aliphatic heterocycles. The molecule has 2 rings (SSSR count). The van der Waals surface area contributed by atoms with Gasteiger partial charge in [0, 0.05) is 10.2 Å². The van der Waals surface area contributed by atoms with Gasteiger partial charge in [0.05, 0.1) is 6.42 Å². The first-order valence-electron chi connectivity index (χ1n) is 6.58. The third-order valence-corrected chi connectivity index (χ3v) is 4.17. The lowest BCUT2D eigenvalue weighted by atomic mass is 10.0. The quantitative estimate of drug-likeness (QED) is 0.877. The number of benzene rings is 2. The topological polar surface area (TPSA) is 29.1 Å². The molecule has 2 aromatic carbocycles. The largest absolute Gasteiger partial charge is 0.326 e. The van der Waals surface area contributed by atoms with Gasteiger partial charge < -0.3 is 5.32 Å². The zero-order valence-electron chi connectivity index (χ0n) is 12.0. The molecule has 1 N–H and O–H groups in total. The van der Waals surface area contributed by atoms with Gasteiger partial charge in [0.15, 0.2) is 0 Å². The van der Waals surface area contributed by atoms with Crippen molar-refractivity contribution in [1.29, 1.82) is 0 Å². The number of aryl methyl sites for hydroxylation is 3. The Kier molecular flexibility index (Phi) is 4.61. The van der Waals surface area contributed by atoms with Crippen LogP contribution in [0.4, 0.5) is 5.69 Å². The molecule has 0 unspecified atom stereocenters. The fraction of sp³-hybridized carbons (Fsp3) is 0.235. The fourth-order valence-corrected chi connectivity index (χ4v) is 2.42. The number of anilines is 1. The minimum Gasteiger partial charge on any atom is -0.326 e. The van der Waals surface area contributed by atoms with Crippen LogP contribution in [0.2, 0.25) is 0 Å². The summed E-state index contributed by atoms with van der Waals surface area (Å²) >= 11 is 3.47. The SMILES string of the molecule is Cc1ccc(C)c(CC(=O)Nc2ccc(C)c(Br)c2)c1. The molecule has 0 aliphatic rings. The van der Waals surface area contributed by atoms with Gasteiger partial charge in [-0.3, -0.25) is 4.79 Å². The summed E-state index contributed by atoms with van der Waals surface area (Å²) in [5.41, 5.74) is 5.37. The number of amides is 1. The van der Waals surface area contributed by atoms with Crippen molar-refractivity contribution < 1.29 is 4.79 Å². The van der Waals surface area contributed by atoms with E-state index in [1.54, 1.807) is 0 Å². The molecule has 0 aromatic heterocycles. The van der Waals surface area contributed by atoms with Crippen LogP contribution in [0.3, 0.4) is 0 Å². The molecule has 0 saturated heterocycles. The molecule has 0 radical (unpaired) electrons. The van der Waals surface area contributed by atoms with Crippen molar-refractivity contribution in [3.8, 4) is 0 Å². The number of rotatable bonds is 3. The van der Waals surface area contributed by atoms with Gasteiger partial charge >= 0.3 is 0 Å². The van der Waals surface area contributed by atoms with E-state index in [9.17, 15) is 4.79 Å². The molecule has 0 fully saturated rings. The predicted molar refractivity (Wildman–Crippen MR) is 87.1 cm³/mol. The molecule has 0 heterocycles. The maximum atomic E-state index is 12.1. The van der Waals surface area contributed by atoms with Crippen molar-refractivity contribution in [2.75, 3.05) is 5.32 Å². The van der Waals surface area contributed by atoms with Crippen LogP contribution in [0.1, 0.15) is 22.3 Å². The molecular weight excluding hydrogens is 314 g/mol. The molecule has 2 nitrogen and oxygen atoms in total. The van der Waals surface area contributed by atoms with Crippen LogP contribution in [-0.4, -0.2) is 5.91 Å². The number of carbonyl (C=O) groups excluding carboxylic acids is 1. The fourth-order valence-electron chi connectivity index (χ4n) is 2.04. The second-order valence-electron chi connectivity index (χ2n) is 5.12. The highest BCUT2D eigenvalue weighted by Crippen LogP contribution is 2.21. The number of halogens is 1. The number of nitrogens with one attached hydrogen (secondary N) is 1. The van der Waals surface area contributed by atoms with Gasteiger partial charge in [-0.15, -0.1) is 0 Å². The third-order valence-electron chi connectivity index (χ3n) is 3.31. The van der Waals surface area contributed by atoms with Crippen LogP contribution >= 0.6 is 15.9 Å². The Morgan fingerprint density at radius 3 is 2.45 bits per heavy atom. The van der Waals surface area contributed by atoms with Crippen molar-refractivity contribution in [2.45, 2.75) is 27.2 Å². The molecule has 20 heavy (non-hydrogen) atoms. The van der Waals surface area contributed by atoms with E-state index in [4.69, 9.17) is 0 Å². The average Bonchev–Trinajstić information content (AvgIpc) is 2.38. The lowest BCUT2D eigenvalue weighted by Crippen LogP contribution is -2.15. The monoisotopic (exact) mass is 331 g/mol. The van der Waals surface area contributed by atoms with Crippen LogP contribution in [-0.2, 0) is 11.2 Å². The number of carbonyl (C=O) groups is 1. The highest BCUT2D eigenvalue weighted by atomic mass is 79.9. The minimum atomic E-state index is 0.00875. The lowest BCUT2D eigenvalue weighted by Gasteiger charge is -2.09. The highest BCUT2D eigenvalue weighted by molar-refractivity contribution is 9.10. The third kappa shape index (κ3) is 3.70. The summed E-state index contributed by atoms with van der Waals surface area (Å²) in [7, 11) is 0. The summed E-state index contributed by atoms with van der Waals surface area (Å²) < 4.78 is 1.00. The molecule has 2 aromatic rings. The maximum Gasteiger partial charge on any atom is 0.228 e. The predicted octanol–water partition coefficient (Wildman–Crippen LogP) is 4.56. The first-order valence-corrected chi connectivity index (χ1v) is 7.37. The second kappa shape index (κ2) is 6.23. The van der Waals surface area contributed by atoms with Gasteiger partial charge in [-0.05, 0) is 49.6 Å². The van der Waals surface area contributed by atoms with Crippen LogP contribution in [0.5, 0.6) is 0 Å². The normalized spacial score (nSPS) is 10.4. The molecule has 0 bridgehead atoms. The van der Waals surface area contributed by atoms with Gasteiger partial charge in [-0.2, -0.15) is 0 Å². The van der Waals surface area contributed by atoms with Crippen LogP contribution in [0, 0.1) is 20.8 Å². The van der Waals surface area contributed by atoms with E-state index in [-0.39, 0.29) is 5.91 Å². The zero-order valence-corrected chi connectivity index (χ0v) is 13.5. The van der Waals surface area contributed by atoms with E-state index in [0.29, 0.717) is 6.42 Å². The standard InChI is InChI=1S/C17H18BrNO/c1-11-4-5-12(2)14(8-11)9-17(20)19-15-7-6-13(3)16(18)10-15/h4-8,10H,9H2,1-3H3,(H,19,20). The maximum absolute atomic E-state index is 12.1. The van der Waals surface area contributed by atoms with Crippen LogP contribution in [0.25, 0.3) is 0 Å². The average molecular weight is 332 g/mol. The van der Waals surface area contributed by atoms with Crippen molar-refractivity contribution in [2.24, 2.45) is 0 Å². The smallest absolute Gasteiger partial charge is 0.228 e. The van der Waals surface area contributed by atoms with Crippen molar-refractivity contribution in [3.05, 3.63) is 63.1 Å². The number of hydrogen-bond acceptors (Lipinski definition) is 1. The molecule has 0 saturated carbocycles. The van der Waals surface area contributed by atoms with Gasteiger partial charge in [-0.25, -0.2) is 0 Å². The molecule has 0 aliphatic carbocycles. The summed E-state index contributed by atoms with van der Waals surface area (Å²) in [6.45, 7) is 6.09. The van der Waals surface area contributed by atoms with E-state index in [0.717, 1.165) is 26.9 Å². The summed E-state index contributed by atoms with van der Waals surface area (Å²) in [6, 6.07) is 12.0. The second-order valence-corrected chi connectivity index (χ2v) is 5.97. The van der Waals surface area contributed by atoms with E-state index in [2.05, 4.69) is 39.4 Å². The summed E-state index contributed by atoms with van der Waals surface area (Å²) in [6.07, 6.45) is 0.402. The van der Waals surface area contributed by atoms with Crippen molar-refractivity contribution in [3.63, 3.8) is 0 Å². The number of hydrogen-bond donors (Lipinski definition) is 1. The van der Waals surface area contributed by atoms with Crippen LogP contribution < -0.4 is 5.32 Å². The Labute approximate surface area is 128 Å². The summed E-state index contributed by atoms with van der Waals surface area (Å²) in [5.74, 6) is 0.00875. The highest BCUT2D eigenvalue weighted by Gasteiger charge is 2.07. The molecular formula is C17H18BrNO. The summed E-state index contributed by atoms with van der Waals surface area (Å²) in [4.78, 5) is 12.1. The van der Waals surface area contributed by atoms with Gasteiger partial charge in [0.25, 0.3) is 0 Å². The van der Waals surface area contributed by atoms with Crippen LogP contribution in [0.15, 0.2) is 40.9 Å². The van der Waals surface area contributed by atoms with E-state index in [1.807, 2.05) is 39.0 Å². The Morgan fingerprint density at radius 2 is 1.75 bits per heavy atom. The first kappa shape index (κ1) is 14.8. The van der Waals surface area contributed by atoms with E-state index >= 15 is 0 Å². The van der Waals surface area contributed by atoms with Gasteiger partial charge in [0.1, 0.15) is 0 Å². The molecule has 0 spiro atoms. The Hall–Kier alpha value is -1.61. The Morgan fingerprint density at radius 1 is 1.05 bits per heavy atom. The molecule has 104 valence electrons. The van der Waals surface area contributed by atoms with E-state index < -0.39 is 0 Å². The summed E-state index contributed by atoms with van der Waals surface area (Å²) in [5, 5.41) is 2.94.